The molecular weight excluding hydrogens is 338 g/mol. The first-order valence-corrected chi connectivity index (χ1v) is 10.2. The normalized spacial score (nSPS) is 20.3. The van der Waals surface area contributed by atoms with Crippen LogP contribution in [0.25, 0.3) is 0 Å². The van der Waals surface area contributed by atoms with Crippen LogP contribution in [0.3, 0.4) is 0 Å². The third-order valence-corrected chi connectivity index (χ3v) is 7.25. The summed E-state index contributed by atoms with van der Waals surface area (Å²) in [5.74, 6) is 0.189. The van der Waals surface area contributed by atoms with Gasteiger partial charge >= 0.3 is 0 Å². The Morgan fingerprint density at radius 2 is 1.42 bits per heavy atom. The number of hydrogen-bond donors (Lipinski definition) is 0. The van der Waals surface area contributed by atoms with E-state index in [1.165, 1.54) is 9.79 Å². The molecule has 0 spiro atoms. The summed E-state index contributed by atoms with van der Waals surface area (Å²) in [4.78, 5) is 15.7. The van der Waals surface area contributed by atoms with Crippen LogP contribution >= 0.6 is 0 Å². The maximum atomic E-state index is 13.2. The lowest BCUT2D eigenvalue weighted by molar-refractivity contribution is -0.121. The first-order valence-electron chi connectivity index (χ1n) is 9.02. The minimum atomic E-state index is -0.646. The maximum Gasteiger partial charge on any atom is 0.186 e. The van der Waals surface area contributed by atoms with Crippen molar-refractivity contribution in [3.8, 4) is 0 Å². The van der Waals surface area contributed by atoms with E-state index in [9.17, 15) is 4.79 Å². The quantitative estimate of drug-likeness (QED) is 0.680. The van der Waals surface area contributed by atoms with Gasteiger partial charge in [-0.1, -0.05) is 52.4 Å². The average Bonchev–Trinajstić information content (AvgIpc) is 2.65. The fraction of sp³-hybridized carbons (Fsp3) is 0.261. The number of nitrogens with zero attached hydrogens (tertiary/aromatic N) is 1. The summed E-state index contributed by atoms with van der Waals surface area (Å²) in [5, 5.41) is 0. The van der Waals surface area contributed by atoms with Crippen LogP contribution in [0, 0.1) is 0 Å². The van der Waals surface area contributed by atoms with Crippen LogP contribution < -0.4 is 0 Å². The number of Topliss-reactive ketones (excluding diaryl/α,β-unsaturated/α-hetero) is 1. The van der Waals surface area contributed by atoms with Gasteiger partial charge in [-0.15, -0.1) is 0 Å². The molecule has 134 valence electrons. The van der Waals surface area contributed by atoms with Gasteiger partial charge in [0.1, 0.15) is 5.54 Å². The fourth-order valence-electron chi connectivity index (χ4n) is 3.68. The van der Waals surface area contributed by atoms with Crippen LogP contribution in [0.2, 0.25) is 0 Å². The molecule has 0 heterocycles. The zero-order valence-corrected chi connectivity index (χ0v) is 16.7. The number of rotatable bonds is 5. The fourth-order valence-corrected chi connectivity index (χ4v) is 6.06. The topological polar surface area (TPSA) is 20.3 Å². The summed E-state index contributed by atoms with van der Waals surface area (Å²) in [6.07, 6.45) is 4.11. The van der Waals surface area contributed by atoms with Crippen molar-refractivity contribution in [2.24, 2.45) is 0 Å². The Hall–Kier alpha value is -2.10. The highest BCUT2D eigenvalue weighted by atomic mass is 32.2. The highest BCUT2D eigenvalue weighted by molar-refractivity contribution is 7.94. The summed E-state index contributed by atoms with van der Waals surface area (Å²) >= 11 is -0.336. The lowest BCUT2D eigenvalue weighted by Crippen LogP contribution is -2.54. The van der Waals surface area contributed by atoms with Gasteiger partial charge in [0.05, 0.1) is 0 Å². The third kappa shape index (κ3) is 3.42. The zero-order valence-electron chi connectivity index (χ0n) is 15.9. The van der Waals surface area contributed by atoms with E-state index in [2.05, 4.69) is 79.7 Å². The van der Waals surface area contributed by atoms with Crippen molar-refractivity contribution >= 4 is 16.9 Å². The third-order valence-electron chi connectivity index (χ3n) is 4.73. The second kappa shape index (κ2) is 7.65. The van der Waals surface area contributed by atoms with Crippen LogP contribution in [0.5, 0.6) is 0 Å². The Balaban J connectivity index is 2.16. The molecule has 0 bridgehead atoms. The number of carbonyl (C=O) groups excluding carboxylic acids is 1. The Morgan fingerprint density at radius 1 is 0.923 bits per heavy atom. The van der Waals surface area contributed by atoms with Gasteiger partial charge < -0.3 is 0 Å². The summed E-state index contributed by atoms with van der Waals surface area (Å²) in [6.45, 7) is 8.98. The van der Waals surface area contributed by atoms with Crippen molar-refractivity contribution in [3.63, 3.8) is 0 Å². The highest BCUT2D eigenvalue weighted by Crippen LogP contribution is 2.37. The van der Waals surface area contributed by atoms with Crippen LogP contribution in [0.4, 0.5) is 0 Å². The van der Waals surface area contributed by atoms with Crippen LogP contribution in [0.15, 0.2) is 93.8 Å². The molecule has 1 atom stereocenters. The summed E-state index contributed by atoms with van der Waals surface area (Å²) in [6, 6.07) is 21.0. The molecule has 0 aromatic heterocycles. The molecule has 26 heavy (non-hydrogen) atoms. The van der Waals surface area contributed by atoms with Gasteiger partial charge in [-0.3, -0.25) is 4.79 Å². The van der Waals surface area contributed by atoms with E-state index >= 15 is 0 Å². The molecule has 2 nitrogen and oxygen atoms in total. The zero-order chi connectivity index (χ0) is 18.7. The lowest BCUT2D eigenvalue weighted by atomic mass is 9.84. The monoisotopic (exact) mass is 364 g/mol. The molecule has 2 aromatic rings. The van der Waals surface area contributed by atoms with E-state index in [1.54, 1.807) is 0 Å². The van der Waals surface area contributed by atoms with Gasteiger partial charge in [-0.05, 0) is 63.6 Å². The van der Waals surface area contributed by atoms with Gasteiger partial charge in [0, 0.05) is 6.54 Å². The minimum absolute atomic E-state index is 0.189. The molecule has 0 saturated heterocycles. The maximum absolute atomic E-state index is 13.2. The molecule has 3 rings (SSSR count). The number of carbonyl (C=O) groups is 1. The smallest absolute Gasteiger partial charge is 0.186 e. The van der Waals surface area contributed by atoms with Gasteiger partial charge in [0.15, 0.2) is 26.7 Å². The van der Waals surface area contributed by atoms with Crippen molar-refractivity contribution < 1.29 is 4.79 Å². The first kappa shape index (κ1) is 18.7. The van der Waals surface area contributed by atoms with Crippen LogP contribution in [-0.2, 0) is 15.9 Å². The Morgan fingerprint density at radius 3 is 1.88 bits per heavy atom. The minimum Gasteiger partial charge on any atom is -0.292 e. The largest absolute Gasteiger partial charge is 0.292 e. The Kier molecular flexibility index (Phi) is 5.49. The van der Waals surface area contributed by atoms with E-state index in [1.807, 2.05) is 25.1 Å². The molecule has 2 aromatic carbocycles. The SMILES string of the molecule is CCN([S+](c1ccccc1)c1ccccc1)C1(C)C=C(C)C=C(C)C1=O. The molecule has 0 aliphatic heterocycles. The van der Waals surface area contributed by atoms with Gasteiger partial charge in [-0.2, -0.15) is 0 Å². The van der Waals surface area contributed by atoms with Crippen molar-refractivity contribution in [1.82, 2.24) is 4.31 Å². The van der Waals surface area contributed by atoms with Crippen LogP contribution in [-0.4, -0.2) is 22.2 Å². The van der Waals surface area contributed by atoms with Crippen molar-refractivity contribution in [2.45, 2.75) is 43.0 Å². The van der Waals surface area contributed by atoms with E-state index in [-0.39, 0.29) is 16.9 Å². The van der Waals surface area contributed by atoms with Crippen LogP contribution in [0.1, 0.15) is 27.7 Å². The van der Waals surface area contributed by atoms with E-state index in [0.717, 1.165) is 17.7 Å². The molecule has 1 aliphatic carbocycles. The molecule has 0 radical (unpaired) electrons. The van der Waals surface area contributed by atoms with Gasteiger partial charge in [0.25, 0.3) is 0 Å². The molecule has 3 heteroatoms. The molecule has 0 N–H and O–H groups in total. The van der Waals surface area contributed by atoms with Crippen molar-refractivity contribution in [3.05, 3.63) is 84.0 Å². The summed E-state index contributed by atoms with van der Waals surface area (Å²) in [7, 11) is 0. The van der Waals surface area contributed by atoms with Gasteiger partial charge in [-0.25, -0.2) is 0 Å². The second-order valence-corrected chi connectivity index (χ2v) is 8.75. The molecule has 1 aliphatic rings. The lowest BCUT2D eigenvalue weighted by Gasteiger charge is -2.37. The molecule has 0 amide bonds. The average molecular weight is 365 g/mol. The van der Waals surface area contributed by atoms with E-state index in [4.69, 9.17) is 0 Å². The Bertz CT molecular complexity index is 802. The number of ketones is 1. The number of allylic oxidation sites excluding steroid dienone is 2. The first-order chi connectivity index (χ1) is 12.5. The van der Waals surface area contributed by atoms with E-state index < -0.39 is 5.54 Å². The molecular formula is C23H26NOS+. The predicted octanol–water partition coefficient (Wildman–Crippen LogP) is 5.19. The molecule has 1 unspecified atom stereocenters. The van der Waals surface area contributed by atoms with Gasteiger partial charge in [0.2, 0.25) is 0 Å². The van der Waals surface area contributed by atoms with Crippen molar-refractivity contribution in [1.29, 1.82) is 0 Å². The molecule has 0 fully saturated rings. The number of benzene rings is 2. The summed E-state index contributed by atoms with van der Waals surface area (Å²) in [5.41, 5.74) is 1.33. The van der Waals surface area contributed by atoms with Crippen molar-refractivity contribution in [2.75, 3.05) is 6.54 Å². The second-order valence-electron chi connectivity index (χ2n) is 6.80. The summed E-state index contributed by atoms with van der Waals surface area (Å²) < 4.78 is 2.35. The predicted molar refractivity (Wildman–Crippen MR) is 110 cm³/mol. The standard InChI is InChI=1S/C23H26NOS/c1-5-24(23(4)17-18(2)16-19(3)22(23)25)26(20-12-8-6-9-13-20)21-14-10-7-11-15-21/h6-17H,5H2,1-4H3/q+1. The number of hydrogen-bond acceptors (Lipinski definition) is 2. The number of likely N-dealkylation sites (N-methyl/N-ethyl adjacent to an activating group) is 1. The highest BCUT2D eigenvalue weighted by Gasteiger charge is 2.49. The van der Waals surface area contributed by atoms with E-state index in [0.29, 0.717) is 0 Å². The Labute approximate surface area is 159 Å². The molecule has 0 saturated carbocycles.